The molecular formula is C10H9N3O4. The summed E-state index contributed by atoms with van der Waals surface area (Å²) >= 11 is 0. The number of ether oxygens (including phenoxy) is 1. The van der Waals surface area contributed by atoms with Gasteiger partial charge in [0.05, 0.1) is 7.11 Å². The Kier molecular flexibility index (Phi) is 2.51. The van der Waals surface area contributed by atoms with Gasteiger partial charge < -0.3 is 14.4 Å². The van der Waals surface area contributed by atoms with E-state index in [0.29, 0.717) is 11.0 Å². The smallest absolute Gasteiger partial charge is 0.376 e. The van der Waals surface area contributed by atoms with Crippen molar-refractivity contribution in [3.05, 3.63) is 23.8 Å². The Morgan fingerprint density at radius 2 is 2.18 bits per heavy atom. The SMILES string of the molecule is COC(=O)c1ncc2cc(C(=O)O)n(C)c2n1. The van der Waals surface area contributed by atoms with Crippen LogP contribution in [0.4, 0.5) is 0 Å². The van der Waals surface area contributed by atoms with E-state index in [9.17, 15) is 9.59 Å². The molecule has 0 bridgehead atoms. The monoisotopic (exact) mass is 235 g/mol. The lowest BCUT2D eigenvalue weighted by Crippen LogP contribution is -2.09. The Morgan fingerprint density at radius 1 is 1.47 bits per heavy atom. The molecule has 0 amide bonds. The first kappa shape index (κ1) is 11.1. The van der Waals surface area contributed by atoms with Gasteiger partial charge in [-0.15, -0.1) is 0 Å². The largest absolute Gasteiger partial charge is 0.477 e. The lowest BCUT2D eigenvalue weighted by atomic mass is 10.3. The highest BCUT2D eigenvalue weighted by molar-refractivity contribution is 5.94. The Bertz CT molecular complexity index is 617. The summed E-state index contributed by atoms with van der Waals surface area (Å²) in [7, 11) is 2.78. The molecule has 0 saturated heterocycles. The zero-order chi connectivity index (χ0) is 12.6. The van der Waals surface area contributed by atoms with E-state index < -0.39 is 11.9 Å². The second-order valence-corrected chi connectivity index (χ2v) is 3.36. The van der Waals surface area contributed by atoms with E-state index in [0.717, 1.165) is 0 Å². The summed E-state index contributed by atoms with van der Waals surface area (Å²) in [6, 6.07) is 1.44. The molecule has 0 unspecified atom stereocenters. The molecule has 1 N–H and O–H groups in total. The Balaban J connectivity index is 2.65. The number of methoxy groups -OCH3 is 1. The van der Waals surface area contributed by atoms with Crippen molar-refractivity contribution >= 4 is 23.0 Å². The van der Waals surface area contributed by atoms with E-state index in [1.807, 2.05) is 0 Å². The summed E-state index contributed by atoms with van der Waals surface area (Å²) in [6.07, 6.45) is 1.39. The summed E-state index contributed by atoms with van der Waals surface area (Å²) in [4.78, 5) is 29.9. The number of hydrogen-bond donors (Lipinski definition) is 1. The van der Waals surface area contributed by atoms with Gasteiger partial charge >= 0.3 is 11.9 Å². The van der Waals surface area contributed by atoms with E-state index >= 15 is 0 Å². The quantitative estimate of drug-likeness (QED) is 0.759. The van der Waals surface area contributed by atoms with E-state index in [4.69, 9.17) is 5.11 Å². The second-order valence-electron chi connectivity index (χ2n) is 3.36. The summed E-state index contributed by atoms with van der Waals surface area (Å²) < 4.78 is 5.87. The molecule has 0 saturated carbocycles. The Morgan fingerprint density at radius 3 is 2.76 bits per heavy atom. The van der Waals surface area contributed by atoms with E-state index in [-0.39, 0.29) is 11.5 Å². The topological polar surface area (TPSA) is 94.3 Å². The van der Waals surface area contributed by atoms with Crippen molar-refractivity contribution in [2.24, 2.45) is 7.05 Å². The van der Waals surface area contributed by atoms with Crippen molar-refractivity contribution in [3.8, 4) is 0 Å². The number of hydrogen-bond acceptors (Lipinski definition) is 5. The van der Waals surface area contributed by atoms with Crippen LogP contribution >= 0.6 is 0 Å². The number of aromatic carboxylic acids is 1. The summed E-state index contributed by atoms with van der Waals surface area (Å²) in [6.45, 7) is 0. The minimum Gasteiger partial charge on any atom is -0.477 e. The van der Waals surface area contributed by atoms with Gasteiger partial charge in [-0.1, -0.05) is 0 Å². The molecule has 0 aliphatic heterocycles. The molecule has 0 aliphatic carbocycles. The molecule has 2 heterocycles. The highest BCUT2D eigenvalue weighted by Gasteiger charge is 2.16. The maximum Gasteiger partial charge on any atom is 0.376 e. The fraction of sp³-hybridized carbons (Fsp3) is 0.200. The summed E-state index contributed by atoms with van der Waals surface area (Å²) in [5, 5.41) is 9.48. The molecule has 2 aromatic rings. The molecule has 7 heteroatoms. The number of aromatic nitrogens is 3. The molecule has 0 aliphatic rings. The fourth-order valence-corrected chi connectivity index (χ4v) is 1.51. The average Bonchev–Trinajstić information content (AvgIpc) is 2.65. The first-order chi connectivity index (χ1) is 8.04. The number of rotatable bonds is 2. The summed E-state index contributed by atoms with van der Waals surface area (Å²) in [5.41, 5.74) is 0.453. The van der Waals surface area contributed by atoms with Crippen molar-refractivity contribution in [1.29, 1.82) is 0 Å². The minimum atomic E-state index is -1.06. The molecule has 0 aromatic carbocycles. The highest BCUT2D eigenvalue weighted by Crippen LogP contribution is 2.16. The van der Waals surface area contributed by atoms with Crippen LogP contribution in [-0.2, 0) is 11.8 Å². The third-order valence-corrected chi connectivity index (χ3v) is 2.35. The molecule has 0 fully saturated rings. The van der Waals surface area contributed by atoms with Crippen molar-refractivity contribution in [1.82, 2.24) is 14.5 Å². The van der Waals surface area contributed by atoms with Gasteiger partial charge in [0.25, 0.3) is 0 Å². The third kappa shape index (κ3) is 1.71. The standard InChI is InChI=1S/C10H9N3O4/c1-13-6(9(14)15)3-5-4-11-7(10(16)17-2)12-8(5)13/h3-4H,1-2H3,(H,14,15). The Hall–Kier alpha value is -2.44. The fourth-order valence-electron chi connectivity index (χ4n) is 1.51. The normalized spacial score (nSPS) is 10.5. The van der Waals surface area contributed by atoms with Gasteiger partial charge in [-0.25, -0.2) is 19.6 Å². The number of carboxylic acids is 1. The first-order valence-electron chi connectivity index (χ1n) is 4.68. The van der Waals surface area contributed by atoms with Crippen LogP contribution in [0, 0.1) is 0 Å². The van der Waals surface area contributed by atoms with Gasteiger partial charge in [-0.3, -0.25) is 0 Å². The predicted octanol–water partition coefficient (Wildman–Crippen LogP) is 0.453. The highest BCUT2D eigenvalue weighted by atomic mass is 16.5. The van der Waals surface area contributed by atoms with Gasteiger partial charge in [0, 0.05) is 18.6 Å². The maximum atomic E-state index is 11.2. The van der Waals surface area contributed by atoms with Crippen LogP contribution < -0.4 is 0 Å². The lowest BCUT2D eigenvalue weighted by molar-refractivity contribution is 0.0586. The number of carbonyl (C=O) groups is 2. The van der Waals surface area contributed by atoms with Gasteiger partial charge in [-0.05, 0) is 6.07 Å². The number of aryl methyl sites for hydroxylation is 1. The molecule has 0 radical (unpaired) electrons. The molecule has 7 nitrogen and oxygen atoms in total. The number of nitrogens with zero attached hydrogens (tertiary/aromatic N) is 3. The zero-order valence-electron chi connectivity index (χ0n) is 9.17. The van der Waals surface area contributed by atoms with Crippen molar-refractivity contribution in [2.45, 2.75) is 0 Å². The van der Waals surface area contributed by atoms with Crippen LogP contribution in [0.3, 0.4) is 0 Å². The first-order valence-corrected chi connectivity index (χ1v) is 4.68. The van der Waals surface area contributed by atoms with Crippen molar-refractivity contribution in [2.75, 3.05) is 7.11 Å². The molecule has 2 rings (SSSR count). The molecule has 0 atom stereocenters. The van der Waals surface area contributed by atoms with Gasteiger partial charge in [0.2, 0.25) is 5.82 Å². The third-order valence-electron chi connectivity index (χ3n) is 2.35. The number of esters is 1. The van der Waals surface area contributed by atoms with Gasteiger partial charge in [0.1, 0.15) is 11.3 Å². The maximum absolute atomic E-state index is 11.2. The van der Waals surface area contributed by atoms with Crippen LogP contribution in [0.25, 0.3) is 11.0 Å². The molecule has 17 heavy (non-hydrogen) atoms. The number of carbonyl (C=O) groups excluding carboxylic acids is 1. The van der Waals surface area contributed by atoms with E-state index in [2.05, 4.69) is 14.7 Å². The summed E-state index contributed by atoms with van der Waals surface area (Å²) in [5.74, 6) is -1.83. The van der Waals surface area contributed by atoms with Gasteiger partial charge in [0.15, 0.2) is 0 Å². The second kappa shape index (κ2) is 3.85. The lowest BCUT2D eigenvalue weighted by Gasteiger charge is -2.00. The van der Waals surface area contributed by atoms with Crippen LogP contribution in [0.5, 0.6) is 0 Å². The van der Waals surface area contributed by atoms with Gasteiger partial charge in [-0.2, -0.15) is 0 Å². The van der Waals surface area contributed by atoms with Crippen molar-refractivity contribution < 1.29 is 19.4 Å². The number of fused-ring (bicyclic) bond motifs is 1. The number of carboxylic acid groups (broad SMARTS) is 1. The van der Waals surface area contributed by atoms with Crippen LogP contribution in [-0.4, -0.2) is 38.7 Å². The molecular weight excluding hydrogens is 226 g/mol. The average molecular weight is 235 g/mol. The van der Waals surface area contributed by atoms with E-state index in [1.165, 1.54) is 23.9 Å². The van der Waals surface area contributed by atoms with E-state index in [1.54, 1.807) is 7.05 Å². The predicted molar refractivity (Wildman–Crippen MR) is 56.8 cm³/mol. The van der Waals surface area contributed by atoms with Crippen LogP contribution in [0.15, 0.2) is 12.3 Å². The minimum absolute atomic E-state index is 0.0799. The Labute approximate surface area is 95.7 Å². The van der Waals surface area contributed by atoms with Crippen molar-refractivity contribution in [3.63, 3.8) is 0 Å². The zero-order valence-corrected chi connectivity index (χ0v) is 9.17. The van der Waals surface area contributed by atoms with Crippen LogP contribution in [0.2, 0.25) is 0 Å². The molecule has 88 valence electrons. The van der Waals surface area contributed by atoms with Crippen LogP contribution in [0.1, 0.15) is 21.1 Å². The molecule has 0 spiro atoms. The molecule has 2 aromatic heterocycles.